The average molecular weight is 251 g/mol. The van der Waals surface area contributed by atoms with E-state index in [1.807, 2.05) is 0 Å². The van der Waals surface area contributed by atoms with Gasteiger partial charge in [0, 0.05) is 12.7 Å². The van der Waals surface area contributed by atoms with Gasteiger partial charge in [0.2, 0.25) is 0 Å². The van der Waals surface area contributed by atoms with Gasteiger partial charge in [-0.25, -0.2) is 9.78 Å². The second-order valence-corrected chi connectivity index (χ2v) is 4.21. The topological polar surface area (TPSA) is 77.2 Å². The number of methoxy groups -OCH3 is 1. The fourth-order valence-electron chi connectivity index (χ4n) is 1.80. The predicted octanol–water partition coefficient (Wildman–Crippen LogP) is 1.80. The Hall–Kier alpha value is -1.62. The van der Waals surface area contributed by atoms with Crippen LogP contribution in [-0.2, 0) is 4.74 Å². The van der Waals surface area contributed by atoms with E-state index in [0.29, 0.717) is 17.9 Å². The third-order valence-electron chi connectivity index (χ3n) is 3.34. The van der Waals surface area contributed by atoms with E-state index >= 15 is 0 Å². The van der Waals surface area contributed by atoms with Crippen molar-refractivity contribution in [3.05, 3.63) is 23.9 Å². The average Bonchev–Trinajstić information content (AvgIpc) is 2.44. The molecule has 0 aromatic carbocycles. The molecule has 1 heterocycles. The third kappa shape index (κ3) is 2.98. The van der Waals surface area contributed by atoms with Crippen molar-refractivity contribution in [1.82, 2.24) is 4.98 Å². The van der Waals surface area contributed by atoms with Crippen LogP contribution in [0, 0.1) is 0 Å². The zero-order chi connectivity index (χ0) is 13.6. The molecule has 1 rings (SSSR count). The second kappa shape index (κ2) is 6.35. The van der Waals surface area contributed by atoms with Crippen molar-refractivity contribution in [1.29, 1.82) is 0 Å². The lowest BCUT2D eigenvalue weighted by molar-refractivity contribution is 0.0601. The Morgan fingerprint density at radius 1 is 1.50 bits per heavy atom. The maximum Gasteiger partial charge on any atom is 0.341 e. The number of rotatable bonds is 6. The Balaban J connectivity index is 3.06. The highest BCUT2D eigenvalue weighted by molar-refractivity contribution is 5.94. The first kappa shape index (κ1) is 14.4. The van der Waals surface area contributed by atoms with Gasteiger partial charge in [0.05, 0.1) is 12.6 Å². The quantitative estimate of drug-likeness (QED) is 0.754. The summed E-state index contributed by atoms with van der Waals surface area (Å²) in [5.74, 6) is 0.127. The number of nitrogens with zero attached hydrogens (tertiary/aromatic N) is 1. The molecular formula is C13H21N3O2. The molecular weight excluding hydrogens is 230 g/mol. The highest BCUT2D eigenvalue weighted by atomic mass is 16.5. The molecule has 18 heavy (non-hydrogen) atoms. The van der Waals surface area contributed by atoms with Gasteiger partial charge < -0.3 is 15.8 Å². The maximum absolute atomic E-state index is 11.7. The first-order chi connectivity index (χ1) is 8.62. The molecule has 100 valence electrons. The summed E-state index contributed by atoms with van der Waals surface area (Å²) >= 11 is 0. The van der Waals surface area contributed by atoms with Crippen LogP contribution in [0.4, 0.5) is 5.82 Å². The summed E-state index contributed by atoms with van der Waals surface area (Å²) in [5, 5.41) is 3.29. The zero-order valence-corrected chi connectivity index (χ0v) is 11.2. The number of nitrogens with one attached hydrogen (secondary N) is 1. The lowest BCUT2D eigenvalue weighted by atomic mass is 9.92. The van der Waals surface area contributed by atoms with Crippen molar-refractivity contribution in [2.24, 2.45) is 5.73 Å². The summed E-state index contributed by atoms with van der Waals surface area (Å²) in [5.41, 5.74) is 6.02. The molecule has 0 radical (unpaired) electrons. The van der Waals surface area contributed by atoms with Crippen LogP contribution in [0.25, 0.3) is 0 Å². The van der Waals surface area contributed by atoms with Crippen LogP contribution >= 0.6 is 0 Å². The summed E-state index contributed by atoms with van der Waals surface area (Å²) in [4.78, 5) is 15.9. The Bertz CT molecular complexity index is 395. The van der Waals surface area contributed by atoms with Gasteiger partial charge >= 0.3 is 5.97 Å². The SMILES string of the molecule is CCC(CC)(CN)Nc1ncccc1C(=O)OC. The molecule has 0 fully saturated rings. The fourth-order valence-corrected chi connectivity index (χ4v) is 1.80. The van der Waals surface area contributed by atoms with Crippen LogP contribution < -0.4 is 11.1 Å². The standard InChI is InChI=1S/C13H21N3O2/c1-4-13(5-2,9-14)16-11-10(12(17)18-3)7-6-8-15-11/h6-8H,4-5,9,14H2,1-3H3,(H,15,16). The van der Waals surface area contributed by atoms with Crippen molar-refractivity contribution in [2.45, 2.75) is 32.2 Å². The molecule has 0 bridgehead atoms. The van der Waals surface area contributed by atoms with Gasteiger partial charge in [0.25, 0.3) is 0 Å². The van der Waals surface area contributed by atoms with Crippen molar-refractivity contribution < 1.29 is 9.53 Å². The van der Waals surface area contributed by atoms with E-state index in [0.717, 1.165) is 12.8 Å². The van der Waals surface area contributed by atoms with Gasteiger partial charge in [-0.3, -0.25) is 0 Å². The van der Waals surface area contributed by atoms with Gasteiger partial charge in [0.15, 0.2) is 0 Å². The van der Waals surface area contributed by atoms with E-state index in [1.165, 1.54) is 7.11 Å². The number of carbonyl (C=O) groups excluding carboxylic acids is 1. The molecule has 0 spiro atoms. The van der Waals surface area contributed by atoms with Crippen molar-refractivity contribution in [3.63, 3.8) is 0 Å². The van der Waals surface area contributed by atoms with Crippen LogP contribution in [0.5, 0.6) is 0 Å². The highest BCUT2D eigenvalue weighted by Gasteiger charge is 2.26. The van der Waals surface area contributed by atoms with Crippen molar-refractivity contribution in [3.8, 4) is 0 Å². The molecule has 0 saturated carbocycles. The largest absolute Gasteiger partial charge is 0.465 e. The molecule has 5 nitrogen and oxygen atoms in total. The number of hydrogen-bond donors (Lipinski definition) is 2. The molecule has 0 aliphatic carbocycles. The first-order valence-electron chi connectivity index (χ1n) is 6.14. The normalized spacial score (nSPS) is 11.1. The van der Waals surface area contributed by atoms with E-state index in [2.05, 4.69) is 24.1 Å². The molecule has 0 aliphatic heterocycles. The number of esters is 1. The van der Waals surface area contributed by atoms with E-state index in [9.17, 15) is 4.79 Å². The first-order valence-corrected chi connectivity index (χ1v) is 6.14. The van der Waals surface area contributed by atoms with Gasteiger partial charge in [-0.05, 0) is 25.0 Å². The second-order valence-electron chi connectivity index (χ2n) is 4.21. The summed E-state index contributed by atoms with van der Waals surface area (Å²) in [6, 6.07) is 3.40. The fraction of sp³-hybridized carbons (Fsp3) is 0.538. The molecule has 5 heteroatoms. The molecule has 0 aliphatic rings. The minimum atomic E-state index is -0.399. The van der Waals surface area contributed by atoms with E-state index < -0.39 is 5.97 Å². The number of anilines is 1. The third-order valence-corrected chi connectivity index (χ3v) is 3.34. The molecule has 0 atom stereocenters. The Morgan fingerprint density at radius 3 is 2.67 bits per heavy atom. The number of hydrogen-bond acceptors (Lipinski definition) is 5. The van der Waals surface area contributed by atoms with Crippen LogP contribution in [-0.4, -0.2) is 30.1 Å². The zero-order valence-electron chi connectivity index (χ0n) is 11.2. The van der Waals surface area contributed by atoms with Gasteiger partial charge in [-0.2, -0.15) is 0 Å². The lowest BCUT2D eigenvalue weighted by Gasteiger charge is -2.32. The monoisotopic (exact) mass is 251 g/mol. The van der Waals surface area contributed by atoms with Gasteiger partial charge in [-0.15, -0.1) is 0 Å². The number of ether oxygens (including phenoxy) is 1. The number of carbonyl (C=O) groups is 1. The lowest BCUT2D eigenvalue weighted by Crippen LogP contribution is -2.45. The minimum Gasteiger partial charge on any atom is -0.465 e. The smallest absolute Gasteiger partial charge is 0.341 e. The summed E-state index contributed by atoms with van der Waals surface area (Å²) < 4.78 is 4.74. The Labute approximate surface area is 108 Å². The predicted molar refractivity (Wildman–Crippen MR) is 71.6 cm³/mol. The van der Waals surface area contributed by atoms with Gasteiger partial charge in [-0.1, -0.05) is 13.8 Å². The number of pyridine rings is 1. The summed E-state index contributed by atoms with van der Waals surface area (Å²) in [7, 11) is 1.36. The van der Waals surface area contributed by atoms with Crippen LogP contribution in [0.2, 0.25) is 0 Å². The van der Waals surface area contributed by atoms with Crippen LogP contribution in [0.1, 0.15) is 37.0 Å². The van der Waals surface area contributed by atoms with Gasteiger partial charge in [0.1, 0.15) is 11.4 Å². The van der Waals surface area contributed by atoms with Crippen LogP contribution in [0.15, 0.2) is 18.3 Å². The van der Waals surface area contributed by atoms with E-state index in [-0.39, 0.29) is 5.54 Å². The Morgan fingerprint density at radius 2 is 2.17 bits per heavy atom. The van der Waals surface area contributed by atoms with E-state index in [1.54, 1.807) is 18.3 Å². The molecule has 0 saturated heterocycles. The number of aromatic nitrogens is 1. The van der Waals surface area contributed by atoms with Crippen molar-refractivity contribution in [2.75, 3.05) is 19.0 Å². The minimum absolute atomic E-state index is 0.239. The molecule has 1 aromatic heterocycles. The molecule has 1 aromatic rings. The Kier molecular flexibility index (Phi) is 5.09. The number of nitrogens with two attached hydrogens (primary N) is 1. The molecule has 3 N–H and O–H groups in total. The molecule has 0 unspecified atom stereocenters. The van der Waals surface area contributed by atoms with Crippen molar-refractivity contribution >= 4 is 11.8 Å². The summed E-state index contributed by atoms with van der Waals surface area (Å²) in [6.45, 7) is 4.60. The highest BCUT2D eigenvalue weighted by Crippen LogP contribution is 2.22. The van der Waals surface area contributed by atoms with E-state index in [4.69, 9.17) is 10.5 Å². The summed E-state index contributed by atoms with van der Waals surface area (Å²) in [6.07, 6.45) is 3.36. The molecule has 0 amide bonds. The van der Waals surface area contributed by atoms with Crippen LogP contribution in [0.3, 0.4) is 0 Å². The maximum atomic E-state index is 11.7.